The molecule has 0 aromatic heterocycles. The summed E-state index contributed by atoms with van der Waals surface area (Å²) in [5.74, 6) is -0.853. The Morgan fingerprint density at radius 1 is 0.253 bits per heavy atom. The molecule has 0 radical (unpaired) electrons. The molecule has 0 spiro atoms. The summed E-state index contributed by atoms with van der Waals surface area (Å²) in [6.45, 7) is 6.60. The van der Waals surface area contributed by atoms with Crippen LogP contribution in [-0.4, -0.2) is 37.2 Å². The lowest BCUT2D eigenvalue weighted by Gasteiger charge is -2.18. The molecule has 0 N–H and O–H groups in total. The summed E-state index contributed by atoms with van der Waals surface area (Å²) < 4.78 is 17.0. The lowest BCUT2D eigenvalue weighted by Crippen LogP contribution is -2.30. The first-order valence-electron chi connectivity index (χ1n) is 36.8. The van der Waals surface area contributed by atoms with Crippen molar-refractivity contribution in [3.05, 3.63) is 60.8 Å². The molecule has 0 amide bonds. The highest BCUT2D eigenvalue weighted by atomic mass is 16.6. The predicted molar refractivity (Wildman–Crippen MR) is 362 cm³/mol. The van der Waals surface area contributed by atoms with Crippen LogP contribution in [0.5, 0.6) is 0 Å². The molecule has 0 aliphatic carbocycles. The van der Waals surface area contributed by atoms with E-state index in [4.69, 9.17) is 14.2 Å². The number of hydrogen-bond acceptors (Lipinski definition) is 6. The smallest absolute Gasteiger partial charge is 0.306 e. The van der Waals surface area contributed by atoms with E-state index in [1.165, 1.54) is 263 Å². The van der Waals surface area contributed by atoms with Crippen LogP contribution in [0.15, 0.2) is 60.8 Å². The van der Waals surface area contributed by atoms with E-state index < -0.39 is 6.10 Å². The Morgan fingerprint density at radius 3 is 0.747 bits per heavy atom. The van der Waals surface area contributed by atoms with E-state index in [0.717, 1.165) is 89.9 Å². The van der Waals surface area contributed by atoms with Gasteiger partial charge in [0.1, 0.15) is 13.2 Å². The average Bonchev–Trinajstić information content (AvgIpc) is 3.50. The molecule has 0 saturated carbocycles. The zero-order valence-electron chi connectivity index (χ0n) is 55.7. The van der Waals surface area contributed by atoms with Gasteiger partial charge in [-0.05, 0) is 83.5 Å². The van der Waals surface area contributed by atoms with Crippen LogP contribution in [0.25, 0.3) is 0 Å². The maximum atomic E-state index is 13.0. The Kier molecular flexibility index (Phi) is 69.1. The van der Waals surface area contributed by atoms with Crippen molar-refractivity contribution in [3.63, 3.8) is 0 Å². The molecule has 6 nitrogen and oxygen atoms in total. The summed E-state index contributed by atoms with van der Waals surface area (Å²) in [5, 5.41) is 0. The number of esters is 3. The highest BCUT2D eigenvalue weighted by molar-refractivity contribution is 5.71. The number of rotatable bonds is 68. The zero-order chi connectivity index (χ0) is 59.9. The lowest BCUT2D eigenvalue weighted by atomic mass is 10.0. The number of carbonyl (C=O) groups is 3. The standard InChI is InChI=1S/C77H140O6/c1-4-7-10-13-16-19-22-25-28-31-34-36-37-38-39-41-43-46-49-52-55-58-61-64-67-70-76(79)82-73-74(72-81-75(78)69-66-63-60-57-54-51-48-45-42-33-30-27-24-21-18-15-12-9-6-3)83-77(80)71-68-65-62-59-56-53-50-47-44-40-35-32-29-26-23-20-17-14-11-8-5-2/h8,11,17,20,26,29,31,34-35,40,74H,4-7,9-10,12-16,18-19,21-25,27-28,30,32-33,36-39,41-73H2,1-3H3/b11-8-,20-17-,29-26-,34-31-,40-35-. The normalized spacial score (nSPS) is 12.4. The van der Waals surface area contributed by atoms with Crippen molar-refractivity contribution < 1.29 is 28.6 Å². The molecule has 0 rings (SSSR count). The summed E-state index contributed by atoms with van der Waals surface area (Å²) in [6, 6.07) is 0. The van der Waals surface area contributed by atoms with Crippen LogP contribution in [0.2, 0.25) is 0 Å². The van der Waals surface area contributed by atoms with Crippen molar-refractivity contribution in [1.82, 2.24) is 0 Å². The molecule has 0 bridgehead atoms. The van der Waals surface area contributed by atoms with Gasteiger partial charge in [-0.2, -0.15) is 0 Å². The molecular weight excluding hydrogens is 1020 g/mol. The van der Waals surface area contributed by atoms with E-state index in [-0.39, 0.29) is 31.1 Å². The third-order valence-corrected chi connectivity index (χ3v) is 16.5. The van der Waals surface area contributed by atoms with E-state index in [1.54, 1.807) is 0 Å². The van der Waals surface area contributed by atoms with Crippen LogP contribution in [0, 0.1) is 0 Å². The molecule has 1 unspecified atom stereocenters. The summed E-state index contributed by atoms with van der Waals surface area (Å²) in [6.07, 6.45) is 92.5. The Balaban J connectivity index is 4.32. The van der Waals surface area contributed by atoms with E-state index in [1.807, 2.05) is 0 Å². The SMILES string of the molecule is CC/C=C\C/C=C\C/C=C\C/C=C\CCCCCCCCCCC(=O)OC(COC(=O)CCCCCCCCCCCCCCC/C=C\CCCCCCCCCC)COC(=O)CCCCCCCCCCCCCCCCCCCCC. The van der Waals surface area contributed by atoms with Crippen LogP contribution in [0.1, 0.15) is 393 Å². The van der Waals surface area contributed by atoms with Crippen LogP contribution in [-0.2, 0) is 28.6 Å². The third kappa shape index (κ3) is 69.8. The number of ether oxygens (including phenoxy) is 3. The lowest BCUT2D eigenvalue weighted by molar-refractivity contribution is -0.167. The van der Waals surface area contributed by atoms with Crippen LogP contribution >= 0.6 is 0 Å². The van der Waals surface area contributed by atoms with Gasteiger partial charge < -0.3 is 14.2 Å². The fraction of sp³-hybridized carbons (Fsp3) is 0.831. The Labute approximate surface area is 517 Å². The Bertz CT molecular complexity index is 1470. The summed E-state index contributed by atoms with van der Waals surface area (Å²) in [7, 11) is 0. The predicted octanol–water partition coefficient (Wildman–Crippen LogP) is 25.5. The second kappa shape index (κ2) is 71.6. The number of unbranched alkanes of at least 4 members (excludes halogenated alkanes) is 47. The second-order valence-electron chi connectivity index (χ2n) is 24.8. The van der Waals surface area contributed by atoms with Crippen molar-refractivity contribution in [2.75, 3.05) is 13.2 Å². The molecule has 83 heavy (non-hydrogen) atoms. The summed E-state index contributed by atoms with van der Waals surface area (Å²) in [4.78, 5) is 38.5. The fourth-order valence-corrected chi connectivity index (χ4v) is 11.0. The first-order valence-corrected chi connectivity index (χ1v) is 36.8. The first-order chi connectivity index (χ1) is 41.0. The quantitative estimate of drug-likeness (QED) is 0.0261. The zero-order valence-corrected chi connectivity index (χ0v) is 55.7. The molecule has 0 saturated heterocycles. The molecule has 484 valence electrons. The van der Waals surface area contributed by atoms with Gasteiger partial charge in [0.25, 0.3) is 0 Å². The fourth-order valence-electron chi connectivity index (χ4n) is 11.0. The van der Waals surface area contributed by atoms with Crippen LogP contribution < -0.4 is 0 Å². The molecule has 0 fully saturated rings. The first kappa shape index (κ1) is 80.1. The largest absolute Gasteiger partial charge is 0.462 e. The van der Waals surface area contributed by atoms with Crippen molar-refractivity contribution in [2.24, 2.45) is 0 Å². The number of hydrogen-bond donors (Lipinski definition) is 0. The second-order valence-corrected chi connectivity index (χ2v) is 24.8. The molecule has 0 aromatic carbocycles. The van der Waals surface area contributed by atoms with Gasteiger partial charge in [0.05, 0.1) is 0 Å². The van der Waals surface area contributed by atoms with Gasteiger partial charge in [-0.25, -0.2) is 0 Å². The minimum Gasteiger partial charge on any atom is -0.462 e. The van der Waals surface area contributed by atoms with E-state index in [2.05, 4.69) is 81.5 Å². The van der Waals surface area contributed by atoms with Gasteiger partial charge in [0, 0.05) is 19.3 Å². The minimum absolute atomic E-state index is 0.0728. The maximum absolute atomic E-state index is 13.0. The molecule has 0 aliphatic rings. The Hall–Kier alpha value is -2.89. The van der Waals surface area contributed by atoms with Gasteiger partial charge in [0.15, 0.2) is 6.10 Å². The highest BCUT2D eigenvalue weighted by Gasteiger charge is 2.19. The molecule has 0 aliphatic heterocycles. The van der Waals surface area contributed by atoms with Gasteiger partial charge in [0.2, 0.25) is 0 Å². The van der Waals surface area contributed by atoms with Gasteiger partial charge in [-0.3, -0.25) is 14.4 Å². The highest BCUT2D eigenvalue weighted by Crippen LogP contribution is 2.18. The topological polar surface area (TPSA) is 78.9 Å². The molecular formula is C77H140O6. The van der Waals surface area contributed by atoms with Crippen LogP contribution in [0.4, 0.5) is 0 Å². The number of allylic oxidation sites excluding steroid dienone is 10. The van der Waals surface area contributed by atoms with Gasteiger partial charge >= 0.3 is 17.9 Å². The molecule has 1 atom stereocenters. The monoisotopic (exact) mass is 1160 g/mol. The molecule has 6 heteroatoms. The van der Waals surface area contributed by atoms with Crippen molar-refractivity contribution in [2.45, 2.75) is 399 Å². The van der Waals surface area contributed by atoms with E-state index in [0.29, 0.717) is 19.3 Å². The van der Waals surface area contributed by atoms with Crippen molar-refractivity contribution >= 4 is 17.9 Å². The van der Waals surface area contributed by atoms with Crippen molar-refractivity contribution in [3.8, 4) is 0 Å². The average molecular weight is 1160 g/mol. The summed E-state index contributed by atoms with van der Waals surface area (Å²) >= 11 is 0. The molecule has 0 heterocycles. The van der Waals surface area contributed by atoms with Crippen LogP contribution in [0.3, 0.4) is 0 Å². The van der Waals surface area contributed by atoms with E-state index in [9.17, 15) is 14.4 Å². The minimum atomic E-state index is -0.779. The van der Waals surface area contributed by atoms with E-state index >= 15 is 0 Å². The van der Waals surface area contributed by atoms with Gasteiger partial charge in [-0.15, -0.1) is 0 Å². The molecule has 0 aromatic rings. The summed E-state index contributed by atoms with van der Waals surface area (Å²) in [5.41, 5.74) is 0. The maximum Gasteiger partial charge on any atom is 0.306 e. The van der Waals surface area contributed by atoms with Gasteiger partial charge in [-0.1, -0.05) is 351 Å². The Morgan fingerprint density at radius 2 is 0.470 bits per heavy atom. The van der Waals surface area contributed by atoms with Crippen molar-refractivity contribution in [1.29, 1.82) is 0 Å². The number of carbonyl (C=O) groups excluding carboxylic acids is 3. The third-order valence-electron chi connectivity index (χ3n) is 16.5.